The highest BCUT2D eigenvalue weighted by Crippen LogP contribution is 2.29. The summed E-state index contributed by atoms with van der Waals surface area (Å²) in [5.74, 6) is -1.22. The summed E-state index contributed by atoms with van der Waals surface area (Å²) in [6, 6.07) is 2.16. The van der Waals surface area contributed by atoms with Crippen molar-refractivity contribution < 1.29 is 22.3 Å². The van der Waals surface area contributed by atoms with Gasteiger partial charge in [0.15, 0.2) is 0 Å². The number of ether oxygens (including phenoxy) is 1. The van der Waals surface area contributed by atoms with Crippen LogP contribution in [0.1, 0.15) is 28.8 Å². The van der Waals surface area contributed by atoms with E-state index in [0.29, 0.717) is 12.5 Å². The lowest BCUT2D eigenvalue weighted by Crippen LogP contribution is -2.17. The van der Waals surface area contributed by atoms with E-state index in [2.05, 4.69) is 0 Å². The minimum atomic E-state index is -4.21. The third-order valence-corrected chi connectivity index (χ3v) is 3.82. The Morgan fingerprint density at radius 3 is 2.63 bits per heavy atom. The van der Waals surface area contributed by atoms with Crippen LogP contribution in [-0.2, 0) is 14.8 Å². The van der Waals surface area contributed by atoms with Crippen LogP contribution in [0.4, 0.5) is 4.39 Å². The van der Waals surface area contributed by atoms with Gasteiger partial charge in [-0.2, -0.15) is 0 Å². The Morgan fingerprint density at radius 1 is 1.47 bits per heavy atom. The maximum Gasteiger partial charge on any atom is 0.338 e. The zero-order valence-corrected chi connectivity index (χ0v) is 11.2. The second-order valence-electron chi connectivity index (χ2n) is 4.69. The van der Waals surface area contributed by atoms with Gasteiger partial charge in [0.1, 0.15) is 10.7 Å². The molecule has 1 aromatic rings. The largest absolute Gasteiger partial charge is 0.462 e. The van der Waals surface area contributed by atoms with Crippen molar-refractivity contribution in [3.8, 4) is 0 Å². The summed E-state index contributed by atoms with van der Waals surface area (Å²) < 4.78 is 41.2. The highest BCUT2D eigenvalue weighted by Gasteiger charge is 2.25. The van der Waals surface area contributed by atoms with Crippen LogP contribution in [0.25, 0.3) is 0 Å². The molecule has 0 saturated heterocycles. The molecule has 0 atom stereocenters. The van der Waals surface area contributed by atoms with E-state index in [9.17, 15) is 17.6 Å². The van der Waals surface area contributed by atoms with Gasteiger partial charge >= 0.3 is 5.97 Å². The van der Waals surface area contributed by atoms with Crippen molar-refractivity contribution in [3.63, 3.8) is 0 Å². The molecule has 104 valence electrons. The number of aryl methyl sites for hydroxylation is 1. The summed E-state index contributed by atoms with van der Waals surface area (Å²) >= 11 is 0. The van der Waals surface area contributed by atoms with E-state index in [1.165, 1.54) is 13.0 Å². The van der Waals surface area contributed by atoms with Crippen LogP contribution in [0.2, 0.25) is 0 Å². The molecule has 1 fully saturated rings. The predicted molar refractivity (Wildman–Crippen MR) is 65.5 cm³/mol. The quantitative estimate of drug-likeness (QED) is 0.847. The second kappa shape index (κ2) is 4.90. The van der Waals surface area contributed by atoms with Crippen molar-refractivity contribution >= 4 is 16.0 Å². The van der Waals surface area contributed by atoms with E-state index in [4.69, 9.17) is 9.88 Å². The minimum absolute atomic E-state index is 0.0106. The molecule has 0 radical (unpaired) electrons. The zero-order chi connectivity index (χ0) is 14.2. The molecule has 1 aliphatic rings. The number of sulfonamides is 1. The summed E-state index contributed by atoms with van der Waals surface area (Å²) in [5.41, 5.74) is 0.0217. The molecule has 1 saturated carbocycles. The Labute approximate surface area is 110 Å². The Hall–Kier alpha value is -1.47. The van der Waals surface area contributed by atoms with Crippen LogP contribution in [-0.4, -0.2) is 21.0 Å². The van der Waals surface area contributed by atoms with Crippen LogP contribution < -0.4 is 5.14 Å². The molecule has 0 bridgehead atoms. The topological polar surface area (TPSA) is 86.5 Å². The van der Waals surface area contributed by atoms with Crippen LogP contribution in [0.3, 0.4) is 0 Å². The van der Waals surface area contributed by atoms with E-state index < -0.39 is 26.7 Å². The molecule has 0 aromatic heterocycles. The lowest BCUT2D eigenvalue weighted by Gasteiger charge is -2.08. The van der Waals surface area contributed by atoms with E-state index in [0.717, 1.165) is 18.9 Å². The molecule has 2 N–H and O–H groups in total. The van der Waals surface area contributed by atoms with Crippen molar-refractivity contribution in [3.05, 3.63) is 29.1 Å². The van der Waals surface area contributed by atoms with Crippen molar-refractivity contribution in [1.82, 2.24) is 0 Å². The Kier molecular flexibility index (Phi) is 3.60. The van der Waals surface area contributed by atoms with Gasteiger partial charge in [0.2, 0.25) is 10.0 Å². The van der Waals surface area contributed by atoms with Crippen LogP contribution in [0, 0.1) is 18.7 Å². The molecular weight excluding hydrogens is 273 g/mol. The lowest BCUT2D eigenvalue weighted by atomic mass is 10.1. The number of primary sulfonamides is 1. The number of esters is 1. The van der Waals surface area contributed by atoms with E-state index in [-0.39, 0.29) is 11.1 Å². The fourth-order valence-corrected chi connectivity index (χ4v) is 2.33. The van der Waals surface area contributed by atoms with Gasteiger partial charge in [0.05, 0.1) is 12.2 Å². The van der Waals surface area contributed by atoms with E-state index in [1.807, 2.05) is 0 Å². The molecule has 0 spiro atoms. The molecule has 1 aromatic carbocycles. The average Bonchev–Trinajstić information content (AvgIpc) is 3.11. The summed E-state index contributed by atoms with van der Waals surface area (Å²) in [6.07, 6.45) is 2.05. The van der Waals surface area contributed by atoms with E-state index >= 15 is 0 Å². The van der Waals surface area contributed by atoms with Crippen LogP contribution in [0.5, 0.6) is 0 Å². The number of nitrogens with two attached hydrogens (primary N) is 1. The first kappa shape index (κ1) is 14.0. The monoisotopic (exact) mass is 287 g/mol. The molecular formula is C12H14FNO4S. The third-order valence-electron chi connectivity index (χ3n) is 2.91. The summed E-state index contributed by atoms with van der Waals surface area (Å²) in [6.45, 7) is 1.67. The predicted octanol–water partition coefficient (Wildman–Crippen LogP) is 1.35. The number of halogens is 1. The number of benzene rings is 1. The van der Waals surface area contributed by atoms with Crippen LogP contribution >= 0.6 is 0 Å². The first-order chi connectivity index (χ1) is 8.79. The number of hydrogen-bond donors (Lipinski definition) is 1. The number of rotatable bonds is 4. The molecule has 2 rings (SSSR count). The summed E-state index contributed by atoms with van der Waals surface area (Å²) in [7, 11) is -4.21. The van der Waals surface area contributed by atoms with Crippen molar-refractivity contribution in [2.75, 3.05) is 6.61 Å². The first-order valence-electron chi connectivity index (χ1n) is 5.79. The van der Waals surface area contributed by atoms with Gasteiger partial charge in [0.25, 0.3) is 0 Å². The lowest BCUT2D eigenvalue weighted by molar-refractivity contribution is 0.0485. The molecule has 0 amide bonds. The fourth-order valence-electron chi connectivity index (χ4n) is 1.62. The molecule has 19 heavy (non-hydrogen) atoms. The minimum Gasteiger partial charge on any atom is -0.462 e. The molecule has 0 heterocycles. The van der Waals surface area contributed by atoms with Gasteiger partial charge < -0.3 is 4.74 Å². The van der Waals surface area contributed by atoms with Gasteiger partial charge in [-0.15, -0.1) is 0 Å². The standard InChI is InChI=1S/C12H14FNO4S/c1-7-4-9(12(15)18-6-8-2-3-8)5-10(11(7)13)19(14,16)17/h4-5,8H,2-3,6H2,1H3,(H2,14,16,17). The third kappa shape index (κ3) is 3.30. The Morgan fingerprint density at radius 2 is 2.11 bits per heavy atom. The molecule has 7 heteroatoms. The highest BCUT2D eigenvalue weighted by atomic mass is 32.2. The van der Waals surface area contributed by atoms with Gasteiger partial charge in [-0.25, -0.2) is 22.7 Å². The smallest absolute Gasteiger partial charge is 0.338 e. The maximum atomic E-state index is 13.7. The van der Waals surface area contributed by atoms with Gasteiger partial charge in [-0.05, 0) is 43.4 Å². The Bertz CT molecular complexity index is 623. The van der Waals surface area contributed by atoms with Crippen molar-refractivity contribution in [2.24, 2.45) is 11.1 Å². The first-order valence-corrected chi connectivity index (χ1v) is 7.33. The fraction of sp³-hybridized carbons (Fsp3) is 0.417. The SMILES string of the molecule is Cc1cc(C(=O)OCC2CC2)cc(S(N)(=O)=O)c1F. The average molecular weight is 287 g/mol. The summed E-state index contributed by atoms with van der Waals surface area (Å²) in [5, 5.41) is 4.91. The van der Waals surface area contributed by atoms with Crippen LogP contribution in [0.15, 0.2) is 17.0 Å². The van der Waals surface area contributed by atoms with Gasteiger partial charge in [-0.1, -0.05) is 0 Å². The second-order valence-corrected chi connectivity index (χ2v) is 6.22. The molecule has 0 aliphatic heterocycles. The highest BCUT2D eigenvalue weighted by molar-refractivity contribution is 7.89. The molecule has 1 aliphatic carbocycles. The zero-order valence-electron chi connectivity index (χ0n) is 10.3. The van der Waals surface area contributed by atoms with E-state index in [1.54, 1.807) is 0 Å². The summed E-state index contributed by atoms with van der Waals surface area (Å²) in [4.78, 5) is 11.1. The number of hydrogen-bond acceptors (Lipinski definition) is 4. The normalized spacial score (nSPS) is 15.3. The maximum absolute atomic E-state index is 13.7. The van der Waals surface area contributed by atoms with Gasteiger partial charge in [0, 0.05) is 0 Å². The molecule has 5 nitrogen and oxygen atoms in total. The number of carbonyl (C=O) groups excluding carboxylic acids is 1. The number of carbonyl (C=O) groups is 1. The van der Waals surface area contributed by atoms with Gasteiger partial charge in [-0.3, -0.25) is 0 Å². The van der Waals surface area contributed by atoms with Crippen molar-refractivity contribution in [2.45, 2.75) is 24.7 Å². The Balaban J connectivity index is 2.30. The van der Waals surface area contributed by atoms with Crippen molar-refractivity contribution in [1.29, 1.82) is 0 Å². The molecule has 0 unspecified atom stereocenters.